The van der Waals surface area contributed by atoms with Crippen molar-refractivity contribution in [2.24, 2.45) is 0 Å². The largest absolute Gasteiger partial charge is 0.316 e. The molecule has 0 N–H and O–H groups in total. The molecule has 0 rings (SSSR count). The van der Waals surface area contributed by atoms with Crippen LogP contribution in [0.5, 0.6) is 0 Å². The molecule has 0 aromatic carbocycles. The SMILES string of the molecule is CN(C)[Si](N(C)C)(C(C)(C)C)C(C)(C)C. The maximum atomic E-state index is 2.49. The van der Waals surface area contributed by atoms with Crippen LogP contribution in [0.25, 0.3) is 0 Å². The Morgan fingerprint density at radius 3 is 0.800 bits per heavy atom. The van der Waals surface area contributed by atoms with E-state index in [1.54, 1.807) is 0 Å². The Balaban J connectivity index is 5.73. The van der Waals surface area contributed by atoms with Crippen molar-refractivity contribution in [2.45, 2.75) is 51.6 Å². The van der Waals surface area contributed by atoms with Crippen LogP contribution in [0, 0.1) is 0 Å². The second-order valence-corrected chi connectivity index (χ2v) is 13.1. The molecule has 0 spiro atoms. The summed E-state index contributed by atoms with van der Waals surface area (Å²) in [4.78, 5) is 0. The van der Waals surface area contributed by atoms with E-state index >= 15 is 0 Å². The van der Waals surface area contributed by atoms with E-state index in [0.717, 1.165) is 0 Å². The van der Waals surface area contributed by atoms with Gasteiger partial charge in [-0.1, -0.05) is 41.5 Å². The van der Waals surface area contributed by atoms with Gasteiger partial charge >= 0.3 is 0 Å². The Kier molecular flexibility index (Phi) is 4.23. The molecule has 0 heterocycles. The zero-order chi connectivity index (χ0) is 12.7. The molecule has 0 bridgehead atoms. The van der Waals surface area contributed by atoms with Crippen LogP contribution < -0.4 is 0 Å². The van der Waals surface area contributed by atoms with Gasteiger partial charge < -0.3 is 9.13 Å². The highest BCUT2D eigenvalue weighted by Crippen LogP contribution is 2.52. The van der Waals surface area contributed by atoms with Gasteiger partial charge in [0.1, 0.15) is 0 Å². The number of hydrogen-bond acceptors (Lipinski definition) is 2. The third-order valence-corrected chi connectivity index (χ3v) is 10.2. The van der Waals surface area contributed by atoms with E-state index in [4.69, 9.17) is 0 Å². The molecule has 2 nitrogen and oxygen atoms in total. The van der Waals surface area contributed by atoms with Crippen LogP contribution in [0.4, 0.5) is 0 Å². The van der Waals surface area contributed by atoms with Crippen molar-refractivity contribution < 1.29 is 0 Å². The standard InChI is InChI=1S/C12H30N2Si/c1-11(2,3)15(13(7)8,14(9)10)12(4,5)6/h1-10H3. The van der Waals surface area contributed by atoms with Crippen LogP contribution in [-0.2, 0) is 0 Å². The van der Waals surface area contributed by atoms with Crippen LogP contribution in [0.3, 0.4) is 0 Å². The highest BCUT2D eigenvalue weighted by molar-refractivity contribution is 6.79. The Morgan fingerprint density at radius 1 is 0.600 bits per heavy atom. The Bertz CT molecular complexity index is 185. The molecule has 3 heteroatoms. The van der Waals surface area contributed by atoms with Crippen molar-refractivity contribution in [2.75, 3.05) is 28.2 Å². The van der Waals surface area contributed by atoms with Crippen molar-refractivity contribution in [3.63, 3.8) is 0 Å². The average Bonchev–Trinajstić information content (AvgIpc) is 1.75. The average molecular weight is 230 g/mol. The molecule has 0 saturated heterocycles. The summed E-state index contributed by atoms with van der Waals surface area (Å²) in [7, 11) is 7.27. The van der Waals surface area contributed by atoms with Crippen LogP contribution in [0.1, 0.15) is 41.5 Å². The van der Waals surface area contributed by atoms with E-state index in [0.29, 0.717) is 10.1 Å². The summed E-state index contributed by atoms with van der Waals surface area (Å²) >= 11 is 0. The van der Waals surface area contributed by atoms with Crippen molar-refractivity contribution in [1.29, 1.82) is 0 Å². The van der Waals surface area contributed by atoms with Gasteiger partial charge in [-0.3, -0.25) is 0 Å². The van der Waals surface area contributed by atoms with Gasteiger partial charge in [-0.15, -0.1) is 0 Å². The van der Waals surface area contributed by atoms with Gasteiger partial charge in [0.2, 0.25) is 8.40 Å². The molecule has 0 aromatic rings. The lowest BCUT2D eigenvalue weighted by molar-refractivity contribution is 0.374. The predicted molar refractivity (Wildman–Crippen MR) is 72.6 cm³/mol. The summed E-state index contributed by atoms with van der Waals surface area (Å²) in [6.07, 6.45) is 0. The zero-order valence-corrected chi connectivity index (χ0v) is 13.4. The smallest absolute Gasteiger partial charge is 0.216 e. The first-order chi connectivity index (χ1) is 6.39. The predicted octanol–water partition coefficient (Wildman–Crippen LogP) is 3.15. The molecule has 0 fully saturated rings. The lowest BCUT2D eigenvalue weighted by atomic mass is 10.2. The molecule has 0 unspecified atom stereocenters. The molecule has 0 atom stereocenters. The van der Waals surface area contributed by atoms with Gasteiger partial charge in [0.25, 0.3) is 0 Å². The zero-order valence-electron chi connectivity index (χ0n) is 12.4. The van der Waals surface area contributed by atoms with Crippen molar-refractivity contribution in [3.8, 4) is 0 Å². The van der Waals surface area contributed by atoms with Crippen LogP contribution >= 0.6 is 0 Å². The van der Waals surface area contributed by atoms with Crippen LogP contribution in [0.15, 0.2) is 0 Å². The maximum absolute atomic E-state index is 2.49. The van der Waals surface area contributed by atoms with E-state index in [-0.39, 0.29) is 0 Å². The Hall–Kier alpha value is 0.137. The fourth-order valence-corrected chi connectivity index (χ4v) is 12.6. The molecule has 0 aliphatic carbocycles. The maximum Gasteiger partial charge on any atom is 0.216 e. The van der Waals surface area contributed by atoms with Gasteiger partial charge in [-0.2, -0.15) is 0 Å². The van der Waals surface area contributed by atoms with E-state index < -0.39 is 8.40 Å². The number of rotatable bonds is 2. The van der Waals surface area contributed by atoms with Crippen LogP contribution in [-0.4, -0.2) is 45.7 Å². The van der Waals surface area contributed by atoms with Gasteiger partial charge in [0.15, 0.2) is 0 Å². The molecule has 0 radical (unpaired) electrons. The monoisotopic (exact) mass is 230 g/mol. The van der Waals surface area contributed by atoms with E-state index in [1.165, 1.54) is 0 Å². The summed E-state index contributed by atoms with van der Waals surface area (Å²) in [6.45, 7) is 14.3. The fraction of sp³-hybridized carbons (Fsp3) is 1.00. The van der Waals surface area contributed by atoms with Crippen molar-refractivity contribution >= 4 is 8.40 Å². The number of hydrogen-bond donors (Lipinski definition) is 0. The topological polar surface area (TPSA) is 6.48 Å². The van der Waals surface area contributed by atoms with Gasteiger partial charge in [0.05, 0.1) is 0 Å². The first-order valence-electron chi connectivity index (χ1n) is 5.74. The molecular weight excluding hydrogens is 200 g/mol. The van der Waals surface area contributed by atoms with E-state index in [2.05, 4.69) is 78.9 Å². The fourth-order valence-electron chi connectivity index (χ4n) is 4.21. The molecule has 0 aliphatic rings. The first-order valence-corrected chi connectivity index (χ1v) is 7.63. The highest BCUT2D eigenvalue weighted by atomic mass is 28.4. The van der Waals surface area contributed by atoms with E-state index in [9.17, 15) is 0 Å². The molecule has 15 heavy (non-hydrogen) atoms. The Morgan fingerprint density at radius 2 is 0.800 bits per heavy atom. The second kappa shape index (κ2) is 4.19. The first kappa shape index (κ1) is 15.1. The normalized spacial score (nSPS) is 15.2. The summed E-state index contributed by atoms with van der Waals surface area (Å²) < 4.78 is 4.99. The highest BCUT2D eigenvalue weighted by Gasteiger charge is 2.57. The van der Waals surface area contributed by atoms with Crippen molar-refractivity contribution in [3.05, 3.63) is 0 Å². The summed E-state index contributed by atoms with van der Waals surface area (Å²) in [5.74, 6) is 0. The lowest BCUT2D eigenvalue weighted by Gasteiger charge is -2.58. The van der Waals surface area contributed by atoms with Gasteiger partial charge in [-0.25, -0.2) is 0 Å². The third-order valence-electron chi connectivity index (χ3n) is 3.39. The molecule has 0 aliphatic heterocycles. The van der Waals surface area contributed by atoms with Crippen LogP contribution in [0.2, 0.25) is 10.1 Å². The minimum Gasteiger partial charge on any atom is -0.316 e. The van der Waals surface area contributed by atoms with Crippen molar-refractivity contribution in [1.82, 2.24) is 9.13 Å². The summed E-state index contributed by atoms with van der Waals surface area (Å²) in [5.41, 5.74) is 0. The minimum absolute atomic E-state index is 0.332. The third kappa shape index (κ3) is 2.29. The molecule has 92 valence electrons. The molecule has 0 amide bonds. The quantitative estimate of drug-likeness (QED) is 0.673. The minimum atomic E-state index is -1.69. The molecule has 0 aromatic heterocycles. The second-order valence-electron chi connectivity index (χ2n) is 6.96. The summed E-state index contributed by atoms with van der Waals surface area (Å²) in [6, 6.07) is 0. The summed E-state index contributed by atoms with van der Waals surface area (Å²) in [5, 5.41) is 0.663. The van der Waals surface area contributed by atoms with E-state index in [1.807, 2.05) is 0 Å². The van der Waals surface area contributed by atoms with Gasteiger partial charge in [-0.05, 0) is 38.3 Å². The lowest BCUT2D eigenvalue weighted by Crippen LogP contribution is -2.71. The molecule has 0 saturated carbocycles. The van der Waals surface area contributed by atoms with Gasteiger partial charge in [0, 0.05) is 0 Å². The Labute approximate surface area is 97.8 Å². The number of nitrogens with zero attached hydrogens (tertiary/aromatic N) is 2. The molecular formula is C12H30N2Si.